The average Bonchev–Trinajstić information content (AvgIpc) is 2.81. The van der Waals surface area contributed by atoms with Gasteiger partial charge in [0.05, 0.1) is 0 Å². The molecule has 0 aliphatic rings. The van der Waals surface area contributed by atoms with Gasteiger partial charge in [0, 0.05) is 11.6 Å². The average molecular weight is 318 g/mol. The summed E-state index contributed by atoms with van der Waals surface area (Å²) in [5, 5.41) is 7.01. The fourth-order valence-corrected chi connectivity index (χ4v) is 3.60. The summed E-state index contributed by atoms with van der Waals surface area (Å²) >= 11 is 7.27. The molecule has 0 saturated heterocycles. The lowest BCUT2D eigenvalue weighted by Gasteiger charge is -2.19. The SMILES string of the molecule is O=P(O)(O)[C@@H](NCc1cccc(Cl)c1)c1ccsc1. The number of rotatable bonds is 5. The molecule has 4 nitrogen and oxygen atoms in total. The largest absolute Gasteiger partial charge is 0.346 e. The van der Waals surface area contributed by atoms with Crippen LogP contribution in [0.1, 0.15) is 16.9 Å². The third-order valence-electron chi connectivity index (χ3n) is 2.58. The van der Waals surface area contributed by atoms with E-state index in [0.717, 1.165) is 5.56 Å². The van der Waals surface area contributed by atoms with Crippen molar-refractivity contribution in [2.24, 2.45) is 0 Å². The molecular formula is C12H13ClNO3PS. The Labute approximate surface area is 120 Å². The van der Waals surface area contributed by atoms with Crippen LogP contribution in [0.15, 0.2) is 41.1 Å². The third kappa shape index (κ3) is 4.14. The van der Waals surface area contributed by atoms with Gasteiger partial charge in [-0.1, -0.05) is 23.7 Å². The van der Waals surface area contributed by atoms with Gasteiger partial charge in [-0.25, -0.2) is 0 Å². The third-order valence-corrected chi connectivity index (χ3v) is 4.67. The second-order valence-electron chi connectivity index (χ2n) is 4.06. The smallest absolute Gasteiger partial charge is 0.323 e. The minimum absolute atomic E-state index is 0.339. The predicted octanol–water partition coefficient (Wildman–Crippen LogP) is 3.37. The second kappa shape index (κ2) is 6.18. The van der Waals surface area contributed by atoms with Crippen molar-refractivity contribution in [3.8, 4) is 0 Å². The molecule has 7 heteroatoms. The second-order valence-corrected chi connectivity index (χ2v) is 6.97. The maximum absolute atomic E-state index is 11.5. The van der Waals surface area contributed by atoms with Crippen molar-refractivity contribution in [2.75, 3.05) is 0 Å². The molecule has 1 atom stereocenters. The molecule has 0 aliphatic carbocycles. The van der Waals surface area contributed by atoms with Crippen LogP contribution in [0.3, 0.4) is 0 Å². The molecule has 0 fully saturated rings. The monoisotopic (exact) mass is 317 g/mol. The molecule has 3 N–H and O–H groups in total. The summed E-state index contributed by atoms with van der Waals surface area (Å²) in [5.41, 5.74) is 1.47. The number of nitrogens with one attached hydrogen (secondary N) is 1. The first kappa shape index (κ1) is 14.7. The zero-order chi connectivity index (χ0) is 13.9. The lowest BCUT2D eigenvalue weighted by Crippen LogP contribution is -2.20. The first-order valence-corrected chi connectivity index (χ1v) is 8.52. The Morgan fingerprint density at radius 2 is 2.16 bits per heavy atom. The van der Waals surface area contributed by atoms with Crippen molar-refractivity contribution in [3.05, 3.63) is 57.2 Å². The number of benzene rings is 1. The minimum Gasteiger partial charge on any atom is -0.323 e. The van der Waals surface area contributed by atoms with Gasteiger partial charge in [-0.15, -0.1) is 0 Å². The Kier molecular flexibility index (Phi) is 4.79. The standard InChI is InChI=1S/C12H13ClNO3PS/c13-11-3-1-2-9(6-11)7-14-12(18(15,16)17)10-4-5-19-8-10/h1-6,8,12,14H,7H2,(H2,15,16,17)/t12-/m1/s1. The molecule has 0 unspecified atom stereocenters. The highest BCUT2D eigenvalue weighted by Crippen LogP contribution is 2.50. The summed E-state index contributed by atoms with van der Waals surface area (Å²) in [5.74, 6) is -0.988. The Hall–Kier alpha value is -0.680. The molecule has 19 heavy (non-hydrogen) atoms. The zero-order valence-corrected chi connectivity index (χ0v) is 12.3. The Bertz CT molecular complexity index is 584. The van der Waals surface area contributed by atoms with E-state index < -0.39 is 13.4 Å². The summed E-state index contributed by atoms with van der Waals surface area (Å²) < 4.78 is 11.5. The van der Waals surface area contributed by atoms with Crippen LogP contribution in [0.2, 0.25) is 5.02 Å². The number of thiophene rings is 1. The molecular weight excluding hydrogens is 305 g/mol. The van der Waals surface area contributed by atoms with Crippen molar-refractivity contribution < 1.29 is 14.4 Å². The van der Waals surface area contributed by atoms with Crippen LogP contribution >= 0.6 is 30.5 Å². The molecule has 0 radical (unpaired) electrons. The maximum atomic E-state index is 11.5. The topological polar surface area (TPSA) is 69.6 Å². The van der Waals surface area contributed by atoms with Gasteiger partial charge in [0.1, 0.15) is 5.78 Å². The summed E-state index contributed by atoms with van der Waals surface area (Å²) in [6, 6.07) is 8.88. The van der Waals surface area contributed by atoms with Crippen LogP contribution < -0.4 is 5.32 Å². The molecule has 2 aromatic rings. The molecule has 102 valence electrons. The summed E-state index contributed by atoms with van der Waals surface area (Å²) in [4.78, 5) is 18.8. The number of hydrogen-bond acceptors (Lipinski definition) is 3. The Morgan fingerprint density at radius 3 is 2.74 bits per heavy atom. The van der Waals surface area contributed by atoms with Crippen LogP contribution in [-0.2, 0) is 11.1 Å². The van der Waals surface area contributed by atoms with Gasteiger partial charge in [0.2, 0.25) is 0 Å². The number of hydrogen-bond donors (Lipinski definition) is 3. The van der Waals surface area contributed by atoms with Gasteiger partial charge >= 0.3 is 7.60 Å². The van der Waals surface area contributed by atoms with Crippen molar-refractivity contribution >= 4 is 30.5 Å². The fourth-order valence-electron chi connectivity index (χ4n) is 1.72. The Morgan fingerprint density at radius 1 is 1.37 bits per heavy atom. The fraction of sp³-hybridized carbons (Fsp3) is 0.167. The van der Waals surface area contributed by atoms with E-state index in [9.17, 15) is 14.4 Å². The van der Waals surface area contributed by atoms with Crippen molar-refractivity contribution in [1.29, 1.82) is 0 Å². The normalized spacial score (nSPS) is 13.4. The molecule has 0 amide bonds. The summed E-state index contributed by atoms with van der Waals surface area (Å²) in [6.45, 7) is 0.339. The maximum Gasteiger partial charge on any atom is 0.346 e. The van der Waals surface area contributed by atoms with Crippen molar-refractivity contribution in [2.45, 2.75) is 12.3 Å². The van der Waals surface area contributed by atoms with Crippen molar-refractivity contribution in [3.63, 3.8) is 0 Å². The minimum atomic E-state index is -4.25. The van der Waals surface area contributed by atoms with Gasteiger partial charge < -0.3 is 9.79 Å². The van der Waals surface area contributed by atoms with E-state index in [1.54, 1.807) is 35.0 Å². The molecule has 0 aliphatic heterocycles. The van der Waals surface area contributed by atoms with E-state index >= 15 is 0 Å². The number of halogens is 1. The summed E-state index contributed by atoms with van der Waals surface area (Å²) in [7, 11) is -4.25. The molecule has 0 bridgehead atoms. The first-order valence-electron chi connectivity index (χ1n) is 5.52. The van der Waals surface area contributed by atoms with E-state index in [4.69, 9.17) is 11.6 Å². The van der Waals surface area contributed by atoms with E-state index in [2.05, 4.69) is 5.32 Å². The zero-order valence-electron chi connectivity index (χ0n) is 9.86. The van der Waals surface area contributed by atoms with E-state index in [0.29, 0.717) is 17.1 Å². The highest BCUT2D eigenvalue weighted by atomic mass is 35.5. The van der Waals surface area contributed by atoms with Crippen LogP contribution in [0.4, 0.5) is 0 Å². The quantitative estimate of drug-likeness (QED) is 0.740. The van der Waals surface area contributed by atoms with Gasteiger partial charge in [-0.3, -0.25) is 9.88 Å². The molecule has 1 heterocycles. The van der Waals surface area contributed by atoms with Crippen molar-refractivity contribution in [1.82, 2.24) is 5.32 Å². The van der Waals surface area contributed by atoms with Crippen LogP contribution in [0.25, 0.3) is 0 Å². The lowest BCUT2D eigenvalue weighted by atomic mass is 10.2. The highest BCUT2D eigenvalue weighted by molar-refractivity contribution is 7.52. The molecule has 0 spiro atoms. The van der Waals surface area contributed by atoms with Gasteiger partial charge in [-0.05, 0) is 40.1 Å². The Balaban J connectivity index is 2.12. The molecule has 2 rings (SSSR count). The summed E-state index contributed by atoms with van der Waals surface area (Å²) in [6.07, 6.45) is 0. The molecule has 0 saturated carbocycles. The predicted molar refractivity (Wildman–Crippen MR) is 77.4 cm³/mol. The van der Waals surface area contributed by atoms with Gasteiger partial charge in [0.15, 0.2) is 0 Å². The van der Waals surface area contributed by atoms with E-state index in [-0.39, 0.29) is 0 Å². The molecule has 1 aromatic heterocycles. The van der Waals surface area contributed by atoms with Gasteiger partial charge in [-0.2, -0.15) is 11.3 Å². The van der Waals surface area contributed by atoms with Crippen LogP contribution in [0, 0.1) is 0 Å². The van der Waals surface area contributed by atoms with E-state index in [1.165, 1.54) is 11.3 Å². The van der Waals surface area contributed by atoms with Crippen LogP contribution in [-0.4, -0.2) is 9.79 Å². The lowest BCUT2D eigenvalue weighted by molar-refractivity contribution is 0.347. The first-order chi connectivity index (χ1) is 8.97. The highest BCUT2D eigenvalue weighted by Gasteiger charge is 2.30. The van der Waals surface area contributed by atoms with Crippen LogP contribution in [0.5, 0.6) is 0 Å². The van der Waals surface area contributed by atoms with E-state index in [1.807, 2.05) is 6.07 Å². The van der Waals surface area contributed by atoms with Gasteiger partial charge in [0.25, 0.3) is 0 Å². The molecule has 1 aromatic carbocycles.